The second-order valence-corrected chi connectivity index (χ2v) is 4.83. The Balaban J connectivity index is 2.05. The summed E-state index contributed by atoms with van der Waals surface area (Å²) in [4.78, 5) is 6.56. The van der Waals surface area contributed by atoms with Gasteiger partial charge in [-0.05, 0) is 44.3 Å². The highest BCUT2D eigenvalue weighted by molar-refractivity contribution is 5.47. The number of nitrogen functional groups attached to an aromatic ring is 1. The van der Waals surface area contributed by atoms with E-state index in [-0.39, 0.29) is 5.75 Å². The molecule has 100 valence electrons. The molecule has 0 saturated heterocycles. The van der Waals surface area contributed by atoms with Gasteiger partial charge in [0.2, 0.25) is 0 Å². The zero-order valence-corrected chi connectivity index (χ0v) is 11.3. The molecule has 0 atom stereocenters. The van der Waals surface area contributed by atoms with Crippen LogP contribution in [0.25, 0.3) is 0 Å². The van der Waals surface area contributed by atoms with E-state index in [0.29, 0.717) is 12.2 Å². The Kier molecular flexibility index (Phi) is 4.02. The van der Waals surface area contributed by atoms with Crippen LogP contribution >= 0.6 is 0 Å². The summed E-state index contributed by atoms with van der Waals surface area (Å²) in [5.74, 6) is 0.276. The highest BCUT2D eigenvalue weighted by Gasteiger charge is 2.07. The molecule has 0 aliphatic carbocycles. The van der Waals surface area contributed by atoms with E-state index in [2.05, 4.69) is 9.88 Å². The molecule has 0 amide bonds. The van der Waals surface area contributed by atoms with Gasteiger partial charge < -0.3 is 10.8 Å². The predicted molar refractivity (Wildman–Crippen MR) is 76.7 cm³/mol. The summed E-state index contributed by atoms with van der Waals surface area (Å²) in [5.41, 5.74) is 9.26. The Bertz CT molecular complexity index is 569. The molecule has 0 saturated carbocycles. The summed E-state index contributed by atoms with van der Waals surface area (Å²) in [6.45, 7) is 3.34. The van der Waals surface area contributed by atoms with E-state index in [9.17, 15) is 5.11 Å². The van der Waals surface area contributed by atoms with Crippen LogP contribution in [-0.4, -0.2) is 22.0 Å². The van der Waals surface area contributed by atoms with Crippen molar-refractivity contribution >= 4 is 5.69 Å². The van der Waals surface area contributed by atoms with Gasteiger partial charge in [-0.1, -0.05) is 6.07 Å². The molecule has 3 N–H and O–H groups in total. The lowest BCUT2D eigenvalue weighted by molar-refractivity contribution is 0.309. The first-order valence-electron chi connectivity index (χ1n) is 6.23. The number of aromatic nitrogens is 1. The first kappa shape index (κ1) is 13.4. The van der Waals surface area contributed by atoms with Gasteiger partial charge in [0.05, 0.1) is 5.69 Å². The van der Waals surface area contributed by atoms with Crippen molar-refractivity contribution in [2.45, 2.75) is 20.0 Å². The van der Waals surface area contributed by atoms with Crippen molar-refractivity contribution in [3.05, 3.63) is 53.3 Å². The van der Waals surface area contributed by atoms with Crippen LogP contribution in [0.3, 0.4) is 0 Å². The van der Waals surface area contributed by atoms with E-state index in [0.717, 1.165) is 23.5 Å². The molecule has 0 fully saturated rings. The van der Waals surface area contributed by atoms with Gasteiger partial charge in [0.25, 0.3) is 0 Å². The number of phenols is 1. The van der Waals surface area contributed by atoms with Crippen molar-refractivity contribution in [3.63, 3.8) is 0 Å². The first-order chi connectivity index (χ1) is 9.04. The number of pyridine rings is 1. The summed E-state index contributed by atoms with van der Waals surface area (Å²) < 4.78 is 0. The van der Waals surface area contributed by atoms with E-state index in [1.165, 1.54) is 0 Å². The molecule has 1 aromatic heterocycles. The van der Waals surface area contributed by atoms with Gasteiger partial charge in [-0.2, -0.15) is 0 Å². The summed E-state index contributed by atoms with van der Waals surface area (Å²) in [7, 11) is 1.99. The lowest BCUT2D eigenvalue weighted by atomic mass is 10.1. The molecular formula is C15H19N3O. The number of hydrogen-bond acceptors (Lipinski definition) is 4. The van der Waals surface area contributed by atoms with Crippen molar-refractivity contribution in [1.82, 2.24) is 9.88 Å². The van der Waals surface area contributed by atoms with Crippen molar-refractivity contribution < 1.29 is 5.11 Å². The number of nitrogens with zero attached hydrogens (tertiary/aromatic N) is 2. The molecule has 4 nitrogen and oxygen atoms in total. The standard InChI is InChI=1S/C15H19N3O/c1-11-4-3-5-14(17-11)10-18(2)9-12-8-13(16)6-7-15(12)19/h3-8,19H,9-10,16H2,1-2H3. The quantitative estimate of drug-likeness (QED) is 0.651. The Morgan fingerprint density at radius 3 is 2.74 bits per heavy atom. The summed E-state index contributed by atoms with van der Waals surface area (Å²) >= 11 is 0. The predicted octanol–water partition coefficient (Wildman–Crippen LogP) is 2.31. The van der Waals surface area contributed by atoms with E-state index < -0.39 is 0 Å². The Labute approximate surface area is 113 Å². The van der Waals surface area contributed by atoms with Crippen LogP contribution in [0.5, 0.6) is 5.75 Å². The lowest BCUT2D eigenvalue weighted by Gasteiger charge is -2.17. The fraction of sp³-hybridized carbons (Fsp3) is 0.267. The number of aryl methyl sites for hydroxylation is 1. The number of aromatic hydroxyl groups is 1. The molecular weight excluding hydrogens is 238 g/mol. The third kappa shape index (κ3) is 3.69. The summed E-state index contributed by atoms with van der Waals surface area (Å²) in [5, 5.41) is 9.80. The highest BCUT2D eigenvalue weighted by atomic mass is 16.3. The van der Waals surface area contributed by atoms with Crippen molar-refractivity contribution in [2.75, 3.05) is 12.8 Å². The van der Waals surface area contributed by atoms with Crippen molar-refractivity contribution in [3.8, 4) is 5.75 Å². The van der Waals surface area contributed by atoms with Gasteiger partial charge >= 0.3 is 0 Å². The maximum Gasteiger partial charge on any atom is 0.120 e. The van der Waals surface area contributed by atoms with Crippen molar-refractivity contribution in [1.29, 1.82) is 0 Å². The number of hydrogen-bond donors (Lipinski definition) is 2. The third-order valence-corrected chi connectivity index (χ3v) is 2.92. The molecule has 2 rings (SSSR count). The topological polar surface area (TPSA) is 62.4 Å². The minimum atomic E-state index is 0.276. The van der Waals surface area contributed by atoms with Gasteiger partial charge in [0.1, 0.15) is 5.75 Å². The maximum absolute atomic E-state index is 9.80. The van der Waals surface area contributed by atoms with Crippen LogP contribution in [0.2, 0.25) is 0 Å². The van der Waals surface area contributed by atoms with Crippen LogP contribution in [0.4, 0.5) is 5.69 Å². The smallest absolute Gasteiger partial charge is 0.120 e. The van der Waals surface area contributed by atoms with Gasteiger partial charge in [0.15, 0.2) is 0 Å². The summed E-state index contributed by atoms with van der Waals surface area (Å²) in [6, 6.07) is 11.1. The van der Waals surface area contributed by atoms with E-state index >= 15 is 0 Å². The molecule has 2 aromatic rings. The molecule has 0 unspecified atom stereocenters. The van der Waals surface area contributed by atoms with Gasteiger partial charge in [-0.25, -0.2) is 0 Å². The second-order valence-electron chi connectivity index (χ2n) is 4.83. The van der Waals surface area contributed by atoms with Crippen LogP contribution in [0.1, 0.15) is 17.0 Å². The van der Waals surface area contributed by atoms with Gasteiger partial charge in [0, 0.05) is 30.0 Å². The Hall–Kier alpha value is -2.07. The van der Waals surface area contributed by atoms with Gasteiger partial charge in [-0.15, -0.1) is 0 Å². The zero-order valence-electron chi connectivity index (χ0n) is 11.3. The minimum Gasteiger partial charge on any atom is -0.508 e. The monoisotopic (exact) mass is 257 g/mol. The average Bonchev–Trinajstić information content (AvgIpc) is 2.34. The van der Waals surface area contributed by atoms with Crippen LogP contribution in [0.15, 0.2) is 36.4 Å². The number of benzene rings is 1. The van der Waals surface area contributed by atoms with E-state index in [1.807, 2.05) is 32.2 Å². The molecule has 0 radical (unpaired) electrons. The SMILES string of the molecule is Cc1cccc(CN(C)Cc2cc(N)ccc2O)n1. The lowest BCUT2D eigenvalue weighted by Crippen LogP contribution is -2.18. The second kappa shape index (κ2) is 5.71. The number of rotatable bonds is 4. The van der Waals surface area contributed by atoms with Gasteiger partial charge in [-0.3, -0.25) is 9.88 Å². The average molecular weight is 257 g/mol. The molecule has 0 spiro atoms. The van der Waals surface area contributed by atoms with Crippen LogP contribution in [-0.2, 0) is 13.1 Å². The molecule has 0 aliphatic rings. The largest absolute Gasteiger partial charge is 0.508 e. The van der Waals surface area contributed by atoms with Crippen molar-refractivity contribution in [2.24, 2.45) is 0 Å². The molecule has 4 heteroatoms. The molecule has 1 aromatic carbocycles. The number of nitrogens with two attached hydrogens (primary N) is 1. The fourth-order valence-electron chi connectivity index (χ4n) is 2.04. The number of phenolic OH excluding ortho intramolecular Hbond substituents is 1. The zero-order chi connectivity index (χ0) is 13.8. The minimum absolute atomic E-state index is 0.276. The first-order valence-corrected chi connectivity index (χ1v) is 6.23. The fourth-order valence-corrected chi connectivity index (χ4v) is 2.04. The normalized spacial score (nSPS) is 10.9. The maximum atomic E-state index is 9.80. The molecule has 1 heterocycles. The summed E-state index contributed by atoms with van der Waals surface area (Å²) in [6.07, 6.45) is 0. The Morgan fingerprint density at radius 1 is 1.21 bits per heavy atom. The van der Waals surface area contributed by atoms with E-state index in [1.54, 1.807) is 18.2 Å². The molecule has 19 heavy (non-hydrogen) atoms. The third-order valence-electron chi connectivity index (χ3n) is 2.92. The molecule has 0 aliphatic heterocycles. The van der Waals surface area contributed by atoms with E-state index in [4.69, 9.17) is 5.73 Å². The number of anilines is 1. The van der Waals surface area contributed by atoms with Crippen LogP contribution in [0, 0.1) is 6.92 Å². The Morgan fingerprint density at radius 2 is 2.00 bits per heavy atom. The van der Waals surface area contributed by atoms with Crippen LogP contribution < -0.4 is 5.73 Å². The molecule has 0 bridgehead atoms. The highest BCUT2D eigenvalue weighted by Crippen LogP contribution is 2.21.